The van der Waals surface area contributed by atoms with Gasteiger partial charge in [0.1, 0.15) is 0 Å². The molecule has 1 aliphatic carbocycles. The summed E-state index contributed by atoms with van der Waals surface area (Å²) in [5, 5.41) is 8.58. The van der Waals surface area contributed by atoms with Crippen molar-refractivity contribution in [2.24, 2.45) is 0 Å². The van der Waals surface area contributed by atoms with Gasteiger partial charge in [-0.05, 0) is 44.1 Å². The highest BCUT2D eigenvalue weighted by Crippen LogP contribution is 2.27. The van der Waals surface area contributed by atoms with Gasteiger partial charge in [0, 0.05) is 18.4 Å². The van der Waals surface area contributed by atoms with Crippen molar-refractivity contribution >= 4 is 11.8 Å². The highest BCUT2D eigenvalue weighted by atomic mass is 16.4. The summed E-state index contributed by atoms with van der Waals surface area (Å²) in [6, 6.07) is 0. The van der Waals surface area contributed by atoms with Gasteiger partial charge in [-0.15, -0.1) is 0 Å². The van der Waals surface area contributed by atoms with Crippen molar-refractivity contribution in [2.45, 2.75) is 77.6 Å². The molecule has 0 fully saturated rings. The van der Waals surface area contributed by atoms with E-state index in [1.807, 2.05) is 12.2 Å². The molecular formula is C20H30O3. The summed E-state index contributed by atoms with van der Waals surface area (Å²) in [5.74, 6) is -0.482. The molecule has 0 unspecified atom stereocenters. The number of hydrogen-bond donors (Lipinski definition) is 1. The number of aliphatic carboxylic acids is 1. The van der Waals surface area contributed by atoms with Gasteiger partial charge in [-0.3, -0.25) is 9.59 Å². The lowest BCUT2D eigenvalue weighted by molar-refractivity contribution is -0.137. The molecule has 0 bridgehead atoms. The zero-order valence-electron chi connectivity index (χ0n) is 14.4. The maximum absolute atomic E-state index is 12.0. The maximum atomic E-state index is 12.0. The molecule has 128 valence electrons. The first-order valence-corrected chi connectivity index (χ1v) is 8.93. The Morgan fingerprint density at radius 3 is 2.57 bits per heavy atom. The molecule has 1 aliphatic rings. The number of carbonyl (C=O) groups is 2. The number of carboxylic acid groups (broad SMARTS) is 1. The fourth-order valence-electron chi connectivity index (χ4n) is 2.76. The topological polar surface area (TPSA) is 54.4 Å². The molecule has 23 heavy (non-hydrogen) atoms. The van der Waals surface area contributed by atoms with Crippen molar-refractivity contribution in [3.8, 4) is 0 Å². The van der Waals surface area contributed by atoms with E-state index in [-0.39, 0.29) is 12.2 Å². The van der Waals surface area contributed by atoms with Gasteiger partial charge in [-0.2, -0.15) is 0 Å². The fourth-order valence-corrected chi connectivity index (χ4v) is 2.76. The quantitative estimate of drug-likeness (QED) is 0.388. The van der Waals surface area contributed by atoms with Crippen molar-refractivity contribution in [3.05, 3.63) is 35.5 Å². The third-order valence-electron chi connectivity index (χ3n) is 4.14. The lowest BCUT2D eigenvalue weighted by Crippen LogP contribution is -1.95. The highest BCUT2D eigenvalue weighted by Gasteiger charge is 2.19. The number of Topliss-reactive ketones (excluding diaryl/α,β-unsaturated/α-hetero) is 1. The number of hydrogen-bond acceptors (Lipinski definition) is 2. The minimum atomic E-state index is -0.751. The standard InChI is InChI=1S/C20H30O3/c1-2-3-4-5-6-9-12-17-15-16-19(21)18(17)13-10-7-8-11-14-20(22)23/h7,9-10,12H,2-6,8,11,13-16H2,1H3,(H,22,23). The largest absolute Gasteiger partial charge is 0.481 e. The lowest BCUT2D eigenvalue weighted by Gasteiger charge is -2.00. The summed E-state index contributed by atoms with van der Waals surface area (Å²) in [5.41, 5.74) is 2.14. The number of unbranched alkanes of at least 4 members (excludes halogenated alkanes) is 5. The summed E-state index contributed by atoms with van der Waals surface area (Å²) in [4.78, 5) is 22.4. The lowest BCUT2D eigenvalue weighted by atomic mass is 10.1. The smallest absolute Gasteiger partial charge is 0.303 e. The first kappa shape index (κ1) is 19.4. The van der Waals surface area contributed by atoms with Gasteiger partial charge in [-0.25, -0.2) is 0 Å². The van der Waals surface area contributed by atoms with Gasteiger partial charge in [0.15, 0.2) is 5.78 Å². The van der Waals surface area contributed by atoms with E-state index in [2.05, 4.69) is 19.1 Å². The first-order valence-electron chi connectivity index (χ1n) is 8.93. The van der Waals surface area contributed by atoms with Crippen LogP contribution in [0.4, 0.5) is 0 Å². The van der Waals surface area contributed by atoms with Crippen LogP contribution in [0, 0.1) is 0 Å². The predicted octanol–water partition coefficient (Wildman–Crippen LogP) is 5.37. The van der Waals surface area contributed by atoms with Gasteiger partial charge < -0.3 is 5.11 Å². The van der Waals surface area contributed by atoms with Crippen LogP contribution in [-0.4, -0.2) is 16.9 Å². The number of rotatable bonds is 12. The van der Waals surface area contributed by atoms with Crippen molar-refractivity contribution in [2.75, 3.05) is 0 Å². The van der Waals surface area contributed by atoms with E-state index < -0.39 is 5.97 Å². The van der Waals surface area contributed by atoms with E-state index in [1.54, 1.807) is 0 Å². The van der Waals surface area contributed by atoms with Gasteiger partial charge in [-0.1, -0.05) is 50.5 Å². The Kier molecular flexibility index (Phi) is 10.0. The molecule has 0 aromatic heterocycles. The number of ketones is 1. The van der Waals surface area contributed by atoms with Gasteiger partial charge in [0.25, 0.3) is 0 Å². The van der Waals surface area contributed by atoms with Crippen molar-refractivity contribution in [1.82, 2.24) is 0 Å². The van der Waals surface area contributed by atoms with Crippen LogP contribution in [0.2, 0.25) is 0 Å². The molecule has 1 N–H and O–H groups in total. The minimum absolute atomic E-state index is 0.206. The molecule has 1 rings (SSSR count). The highest BCUT2D eigenvalue weighted by molar-refractivity contribution is 5.99. The Morgan fingerprint density at radius 1 is 1.04 bits per heavy atom. The van der Waals surface area contributed by atoms with E-state index in [0.29, 0.717) is 19.3 Å². The predicted molar refractivity (Wildman–Crippen MR) is 94.4 cm³/mol. The number of carbonyl (C=O) groups excluding carboxylic acids is 1. The molecule has 0 spiro atoms. The van der Waals surface area contributed by atoms with Crippen molar-refractivity contribution in [1.29, 1.82) is 0 Å². The summed E-state index contributed by atoms with van der Waals surface area (Å²) < 4.78 is 0. The third-order valence-corrected chi connectivity index (χ3v) is 4.14. The Labute approximate surface area is 140 Å². The fraction of sp³-hybridized carbons (Fsp3) is 0.600. The molecule has 3 heteroatoms. The molecule has 0 aliphatic heterocycles. The Morgan fingerprint density at radius 2 is 1.83 bits per heavy atom. The molecule has 0 amide bonds. The second-order valence-electron chi connectivity index (χ2n) is 6.14. The molecule has 3 nitrogen and oxygen atoms in total. The molecular weight excluding hydrogens is 288 g/mol. The first-order chi connectivity index (χ1) is 11.1. The second-order valence-corrected chi connectivity index (χ2v) is 6.14. The third kappa shape index (κ3) is 8.53. The van der Waals surface area contributed by atoms with Crippen LogP contribution in [0.1, 0.15) is 77.6 Å². The number of allylic oxidation sites excluding steroid dienone is 6. The zero-order chi connectivity index (χ0) is 16.9. The Bertz CT molecular complexity index is 469. The molecule has 0 aromatic carbocycles. The van der Waals surface area contributed by atoms with Gasteiger partial charge in [0.05, 0.1) is 0 Å². The maximum Gasteiger partial charge on any atom is 0.303 e. The Balaban J connectivity index is 2.38. The summed E-state index contributed by atoms with van der Waals surface area (Å²) >= 11 is 0. The van der Waals surface area contributed by atoms with E-state index >= 15 is 0 Å². The van der Waals surface area contributed by atoms with Gasteiger partial charge >= 0.3 is 5.97 Å². The summed E-state index contributed by atoms with van der Waals surface area (Å²) in [6.07, 6.45) is 18.3. The molecule has 0 saturated heterocycles. The van der Waals surface area contributed by atoms with Crippen LogP contribution in [0.3, 0.4) is 0 Å². The Hall–Kier alpha value is -1.64. The van der Waals surface area contributed by atoms with Gasteiger partial charge in [0.2, 0.25) is 0 Å². The normalized spacial score (nSPS) is 15.4. The SMILES string of the molecule is CCCCCCC=CC1=C(CC=CCCCC(=O)O)C(=O)CC1. The van der Waals surface area contributed by atoms with E-state index in [4.69, 9.17) is 5.11 Å². The summed E-state index contributed by atoms with van der Waals surface area (Å²) in [6.45, 7) is 2.21. The molecule has 0 aromatic rings. The molecule has 0 atom stereocenters. The summed E-state index contributed by atoms with van der Waals surface area (Å²) in [7, 11) is 0. The average Bonchev–Trinajstić information content (AvgIpc) is 2.86. The van der Waals surface area contributed by atoms with Crippen LogP contribution in [0.15, 0.2) is 35.5 Å². The monoisotopic (exact) mass is 318 g/mol. The number of carboxylic acids is 1. The van der Waals surface area contributed by atoms with E-state index in [0.717, 1.165) is 24.8 Å². The van der Waals surface area contributed by atoms with Crippen LogP contribution >= 0.6 is 0 Å². The van der Waals surface area contributed by atoms with E-state index in [1.165, 1.54) is 31.3 Å². The molecule has 0 heterocycles. The van der Waals surface area contributed by atoms with Crippen LogP contribution in [0.5, 0.6) is 0 Å². The minimum Gasteiger partial charge on any atom is -0.481 e. The second kappa shape index (κ2) is 11.9. The van der Waals surface area contributed by atoms with Crippen LogP contribution in [-0.2, 0) is 9.59 Å². The van der Waals surface area contributed by atoms with Crippen LogP contribution < -0.4 is 0 Å². The average molecular weight is 318 g/mol. The van der Waals surface area contributed by atoms with Crippen molar-refractivity contribution < 1.29 is 14.7 Å². The van der Waals surface area contributed by atoms with Crippen molar-refractivity contribution in [3.63, 3.8) is 0 Å². The van der Waals surface area contributed by atoms with E-state index in [9.17, 15) is 9.59 Å². The van der Waals surface area contributed by atoms with Crippen LogP contribution in [0.25, 0.3) is 0 Å². The zero-order valence-corrected chi connectivity index (χ0v) is 14.4. The molecule has 0 saturated carbocycles. The molecule has 0 radical (unpaired) electrons.